The molecular formula is C10H17N. The standard InChI is InChI=1S/C10H17N/c1-3-4-6-10(2)7-5-9(11)8-10/h1,9H,4-8,11H2,2H3. The predicted octanol–water partition coefficient (Wildman–Crippen LogP) is 1.92. The third kappa shape index (κ3) is 2.24. The van der Waals surface area contributed by atoms with Crippen molar-refractivity contribution >= 4 is 0 Å². The van der Waals surface area contributed by atoms with Crippen molar-refractivity contribution in [3.8, 4) is 12.3 Å². The van der Waals surface area contributed by atoms with Gasteiger partial charge >= 0.3 is 0 Å². The first kappa shape index (κ1) is 8.62. The van der Waals surface area contributed by atoms with E-state index in [1.165, 1.54) is 12.8 Å². The summed E-state index contributed by atoms with van der Waals surface area (Å²) in [4.78, 5) is 0. The lowest BCUT2D eigenvalue weighted by Crippen LogP contribution is -2.19. The van der Waals surface area contributed by atoms with Crippen LogP contribution in [-0.2, 0) is 0 Å². The largest absolute Gasteiger partial charge is 0.328 e. The van der Waals surface area contributed by atoms with Crippen LogP contribution in [-0.4, -0.2) is 6.04 Å². The number of nitrogens with two attached hydrogens (primary N) is 1. The molecule has 1 aliphatic rings. The summed E-state index contributed by atoms with van der Waals surface area (Å²) < 4.78 is 0. The van der Waals surface area contributed by atoms with Crippen LogP contribution < -0.4 is 5.73 Å². The van der Waals surface area contributed by atoms with Crippen molar-refractivity contribution in [3.05, 3.63) is 0 Å². The fourth-order valence-electron chi connectivity index (χ4n) is 1.97. The second-order valence-corrected chi connectivity index (χ2v) is 4.02. The summed E-state index contributed by atoms with van der Waals surface area (Å²) >= 11 is 0. The van der Waals surface area contributed by atoms with Crippen LogP contribution in [0.15, 0.2) is 0 Å². The van der Waals surface area contributed by atoms with Gasteiger partial charge in [-0.1, -0.05) is 6.92 Å². The number of terminal acetylenes is 1. The van der Waals surface area contributed by atoms with Gasteiger partial charge in [0.25, 0.3) is 0 Å². The fraction of sp³-hybridized carbons (Fsp3) is 0.800. The molecule has 0 radical (unpaired) electrons. The van der Waals surface area contributed by atoms with E-state index in [1.807, 2.05) is 0 Å². The maximum atomic E-state index is 5.83. The molecule has 0 heterocycles. The summed E-state index contributed by atoms with van der Waals surface area (Å²) in [7, 11) is 0. The molecule has 2 unspecified atom stereocenters. The van der Waals surface area contributed by atoms with Crippen molar-refractivity contribution in [3.63, 3.8) is 0 Å². The van der Waals surface area contributed by atoms with Crippen LogP contribution >= 0.6 is 0 Å². The summed E-state index contributed by atoms with van der Waals surface area (Å²) in [5, 5.41) is 0. The van der Waals surface area contributed by atoms with E-state index in [0.29, 0.717) is 11.5 Å². The first-order valence-corrected chi connectivity index (χ1v) is 4.35. The Hall–Kier alpha value is -0.480. The Bertz CT molecular complexity index is 168. The highest BCUT2D eigenvalue weighted by atomic mass is 14.7. The van der Waals surface area contributed by atoms with Gasteiger partial charge in [-0.3, -0.25) is 0 Å². The van der Waals surface area contributed by atoms with Gasteiger partial charge < -0.3 is 5.73 Å². The fourth-order valence-corrected chi connectivity index (χ4v) is 1.97. The van der Waals surface area contributed by atoms with Crippen LogP contribution in [0.3, 0.4) is 0 Å². The Morgan fingerprint density at radius 1 is 1.73 bits per heavy atom. The lowest BCUT2D eigenvalue weighted by Gasteiger charge is -2.22. The van der Waals surface area contributed by atoms with Gasteiger partial charge in [0.05, 0.1) is 0 Å². The second kappa shape index (κ2) is 3.28. The van der Waals surface area contributed by atoms with Crippen molar-refractivity contribution in [1.29, 1.82) is 0 Å². The molecule has 62 valence electrons. The van der Waals surface area contributed by atoms with Gasteiger partial charge in [0, 0.05) is 12.5 Å². The Morgan fingerprint density at radius 3 is 2.91 bits per heavy atom. The zero-order valence-electron chi connectivity index (χ0n) is 7.27. The van der Waals surface area contributed by atoms with E-state index in [9.17, 15) is 0 Å². The molecule has 2 N–H and O–H groups in total. The van der Waals surface area contributed by atoms with E-state index in [-0.39, 0.29) is 0 Å². The molecule has 1 saturated carbocycles. The van der Waals surface area contributed by atoms with Gasteiger partial charge in [-0.15, -0.1) is 12.3 Å². The number of rotatable bonds is 2. The van der Waals surface area contributed by atoms with Crippen LogP contribution in [0, 0.1) is 17.8 Å². The van der Waals surface area contributed by atoms with Crippen LogP contribution in [0.1, 0.15) is 39.0 Å². The summed E-state index contributed by atoms with van der Waals surface area (Å²) in [6.45, 7) is 2.30. The minimum Gasteiger partial charge on any atom is -0.328 e. The van der Waals surface area contributed by atoms with Gasteiger partial charge in [0.1, 0.15) is 0 Å². The quantitative estimate of drug-likeness (QED) is 0.599. The average molecular weight is 151 g/mol. The van der Waals surface area contributed by atoms with E-state index in [0.717, 1.165) is 19.3 Å². The van der Waals surface area contributed by atoms with Crippen molar-refractivity contribution in [2.45, 2.75) is 45.1 Å². The molecule has 1 nitrogen and oxygen atoms in total. The molecule has 0 aromatic carbocycles. The third-order valence-corrected chi connectivity index (χ3v) is 2.75. The van der Waals surface area contributed by atoms with Crippen molar-refractivity contribution < 1.29 is 0 Å². The van der Waals surface area contributed by atoms with E-state index in [4.69, 9.17) is 12.2 Å². The predicted molar refractivity (Wildman–Crippen MR) is 48.0 cm³/mol. The average Bonchev–Trinajstić information content (AvgIpc) is 2.28. The Morgan fingerprint density at radius 2 is 2.45 bits per heavy atom. The molecule has 0 bridgehead atoms. The maximum absolute atomic E-state index is 5.83. The van der Waals surface area contributed by atoms with Crippen LogP contribution in [0.2, 0.25) is 0 Å². The lowest BCUT2D eigenvalue weighted by atomic mass is 9.84. The van der Waals surface area contributed by atoms with Gasteiger partial charge in [-0.05, 0) is 31.1 Å². The smallest absolute Gasteiger partial charge is 0.00912 e. The minimum atomic E-state index is 0.428. The maximum Gasteiger partial charge on any atom is 0.00912 e. The molecule has 0 amide bonds. The Labute approximate surface area is 69.4 Å². The summed E-state index contributed by atoms with van der Waals surface area (Å²) in [5.41, 5.74) is 6.28. The first-order chi connectivity index (χ1) is 5.16. The zero-order valence-corrected chi connectivity index (χ0v) is 7.27. The molecule has 0 spiro atoms. The molecule has 0 aromatic heterocycles. The molecule has 0 saturated heterocycles. The molecule has 0 aromatic rings. The van der Waals surface area contributed by atoms with E-state index in [2.05, 4.69) is 12.8 Å². The van der Waals surface area contributed by atoms with Crippen molar-refractivity contribution in [1.82, 2.24) is 0 Å². The SMILES string of the molecule is C#CCCC1(C)CCC(N)C1. The zero-order chi connectivity index (χ0) is 8.32. The molecule has 1 rings (SSSR count). The molecule has 0 aliphatic heterocycles. The monoisotopic (exact) mass is 151 g/mol. The van der Waals surface area contributed by atoms with Gasteiger partial charge in [0.15, 0.2) is 0 Å². The second-order valence-electron chi connectivity index (χ2n) is 4.02. The highest BCUT2D eigenvalue weighted by Crippen LogP contribution is 2.40. The third-order valence-electron chi connectivity index (χ3n) is 2.75. The Kier molecular flexibility index (Phi) is 2.57. The highest BCUT2D eigenvalue weighted by Gasteiger charge is 2.32. The van der Waals surface area contributed by atoms with Crippen LogP contribution in [0.5, 0.6) is 0 Å². The summed E-state index contributed by atoms with van der Waals surface area (Å²) in [6, 6.07) is 0.428. The van der Waals surface area contributed by atoms with Crippen molar-refractivity contribution in [2.24, 2.45) is 11.1 Å². The molecule has 1 aliphatic carbocycles. The minimum absolute atomic E-state index is 0.428. The van der Waals surface area contributed by atoms with Gasteiger partial charge in [0.2, 0.25) is 0 Å². The molecule has 2 atom stereocenters. The van der Waals surface area contributed by atoms with E-state index in [1.54, 1.807) is 0 Å². The summed E-state index contributed by atoms with van der Waals surface area (Å²) in [5.74, 6) is 2.69. The lowest BCUT2D eigenvalue weighted by molar-refractivity contribution is 0.308. The van der Waals surface area contributed by atoms with Crippen LogP contribution in [0.4, 0.5) is 0 Å². The molecule has 1 heteroatoms. The summed E-state index contributed by atoms with van der Waals surface area (Å²) in [6.07, 6.45) is 10.9. The number of hydrogen-bond acceptors (Lipinski definition) is 1. The molecule has 1 fully saturated rings. The van der Waals surface area contributed by atoms with Crippen molar-refractivity contribution in [2.75, 3.05) is 0 Å². The van der Waals surface area contributed by atoms with Gasteiger partial charge in [-0.2, -0.15) is 0 Å². The highest BCUT2D eigenvalue weighted by molar-refractivity contribution is 4.92. The molecule has 11 heavy (non-hydrogen) atoms. The van der Waals surface area contributed by atoms with E-state index >= 15 is 0 Å². The molecular weight excluding hydrogens is 134 g/mol. The van der Waals surface area contributed by atoms with E-state index < -0.39 is 0 Å². The first-order valence-electron chi connectivity index (χ1n) is 4.35. The van der Waals surface area contributed by atoms with Crippen LogP contribution in [0.25, 0.3) is 0 Å². The van der Waals surface area contributed by atoms with Gasteiger partial charge in [-0.25, -0.2) is 0 Å². The normalized spacial score (nSPS) is 37.0. The topological polar surface area (TPSA) is 26.0 Å². The number of hydrogen-bond donors (Lipinski definition) is 1. The Balaban J connectivity index is 2.37.